The fraction of sp³-hybridized carbons (Fsp3) is 0.294. The number of hydrogen-bond donors (Lipinski definition) is 0. The first-order valence-electron chi connectivity index (χ1n) is 7.21. The lowest BCUT2D eigenvalue weighted by Gasteiger charge is -2.22. The lowest BCUT2D eigenvalue weighted by molar-refractivity contribution is 0.141. The van der Waals surface area contributed by atoms with Crippen molar-refractivity contribution >= 4 is 13.2 Å². The summed E-state index contributed by atoms with van der Waals surface area (Å²) in [6, 6.07) is 2.20. The highest BCUT2D eigenvalue weighted by Crippen LogP contribution is 2.58. The number of allylic oxidation sites excluding steroid dienone is 4. The average Bonchev–Trinajstić information content (AvgIpc) is 2.99. The Labute approximate surface area is 134 Å². The van der Waals surface area contributed by atoms with E-state index < -0.39 is 25.4 Å². The van der Waals surface area contributed by atoms with Crippen molar-refractivity contribution in [3.63, 3.8) is 0 Å². The Balaban J connectivity index is 1.97. The number of halogens is 3. The number of hydrogen-bond acceptors (Lipinski definition) is 2. The third-order valence-corrected chi connectivity index (χ3v) is 5.98. The summed E-state index contributed by atoms with van der Waals surface area (Å²) in [5.74, 6) is -2.20. The third kappa shape index (κ3) is 3.22. The molecule has 1 aromatic carbocycles. The highest BCUT2D eigenvalue weighted by atomic mass is 31.1. The molecule has 6 heteroatoms. The summed E-state index contributed by atoms with van der Waals surface area (Å²) in [7, 11) is -1.20. The van der Waals surface area contributed by atoms with Gasteiger partial charge in [0.2, 0.25) is 0 Å². The van der Waals surface area contributed by atoms with E-state index >= 15 is 0 Å². The van der Waals surface area contributed by atoms with E-state index in [-0.39, 0.29) is 22.7 Å². The second-order valence-electron chi connectivity index (χ2n) is 5.45. The van der Waals surface area contributed by atoms with Crippen LogP contribution in [0.25, 0.3) is 5.31 Å². The molecule has 23 heavy (non-hydrogen) atoms. The molecule has 0 amide bonds. The number of rotatable bonds is 3. The molecule has 3 rings (SSSR count). The van der Waals surface area contributed by atoms with Gasteiger partial charge in [0.25, 0.3) is 0 Å². The van der Waals surface area contributed by atoms with Crippen LogP contribution in [0.1, 0.15) is 12.0 Å². The highest BCUT2D eigenvalue weighted by Gasteiger charge is 2.27. The molecular weight excluding hydrogens is 324 g/mol. The fourth-order valence-corrected chi connectivity index (χ4v) is 4.12. The van der Waals surface area contributed by atoms with E-state index in [0.717, 1.165) is 12.1 Å². The molecule has 0 aromatic heterocycles. The Hall–Kier alpha value is -1.58. The standard InChI is InChI=1S/C17H16F3O2P/c1-10-3-4-13(18)17(23(10)2)16-14(19)7-12(8-15(16)20)22-11-5-6-21-9-11/h3-4,7-8,11H,1,5-6,9H2,2H3. The molecule has 2 atom stereocenters. The lowest BCUT2D eigenvalue weighted by Crippen LogP contribution is -2.16. The van der Waals surface area contributed by atoms with Gasteiger partial charge in [-0.15, -0.1) is 0 Å². The molecule has 1 saturated heterocycles. The predicted molar refractivity (Wildman–Crippen MR) is 85.4 cm³/mol. The van der Waals surface area contributed by atoms with Gasteiger partial charge in [0.1, 0.15) is 29.3 Å². The molecule has 2 aliphatic rings. The summed E-state index contributed by atoms with van der Waals surface area (Å²) in [5, 5.41) is 0.705. The van der Waals surface area contributed by atoms with Crippen molar-refractivity contribution in [2.75, 3.05) is 19.9 Å². The van der Waals surface area contributed by atoms with Gasteiger partial charge in [-0.05, 0) is 26.0 Å². The van der Waals surface area contributed by atoms with Crippen LogP contribution < -0.4 is 4.74 Å². The molecule has 0 spiro atoms. The van der Waals surface area contributed by atoms with E-state index in [1.165, 1.54) is 12.2 Å². The fourth-order valence-electron chi connectivity index (χ4n) is 2.59. The SMILES string of the molecule is C=C1C=CC(F)=C(c2c(F)cc(OC3CCOC3)cc2F)P1C. The molecular formula is C17H16F3O2P. The van der Waals surface area contributed by atoms with Crippen LogP contribution in [0.3, 0.4) is 0 Å². The van der Waals surface area contributed by atoms with Crippen LogP contribution in [0.15, 0.2) is 42.0 Å². The minimum Gasteiger partial charge on any atom is -0.488 e. The monoisotopic (exact) mass is 340 g/mol. The van der Waals surface area contributed by atoms with E-state index in [1.54, 1.807) is 6.66 Å². The third-order valence-electron chi connectivity index (χ3n) is 3.86. The van der Waals surface area contributed by atoms with Crippen molar-refractivity contribution in [3.8, 4) is 5.75 Å². The molecule has 0 bridgehead atoms. The van der Waals surface area contributed by atoms with Crippen LogP contribution in [0.2, 0.25) is 0 Å². The molecule has 1 fully saturated rings. The molecule has 0 radical (unpaired) electrons. The molecule has 1 aromatic rings. The van der Waals surface area contributed by atoms with Gasteiger partial charge in [-0.25, -0.2) is 13.2 Å². The van der Waals surface area contributed by atoms with Gasteiger partial charge in [0.15, 0.2) is 0 Å². The Morgan fingerprint density at radius 1 is 1.22 bits per heavy atom. The largest absolute Gasteiger partial charge is 0.488 e. The maximum atomic E-state index is 14.4. The molecule has 2 aliphatic heterocycles. The first-order valence-corrected chi connectivity index (χ1v) is 9.00. The molecule has 0 aliphatic carbocycles. The smallest absolute Gasteiger partial charge is 0.137 e. The quantitative estimate of drug-likeness (QED) is 0.724. The van der Waals surface area contributed by atoms with E-state index in [4.69, 9.17) is 9.47 Å². The van der Waals surface area contributed by atoms with E-state index in [1.807, 2.05) is 0 Å². The summed E-state index contributed by atoms with van der Waals surface area (Å²) in [5.41, 5.74) is -0.336. The van der Waals surface area contributed by atoms with Crippen molar-refractivity contribution in [2.24, 2.45) is 0 Å². The van der Waals surface area contributed by atoms with Crippen LogP contribution in [0.5, 0.6) is 5.75 Å². The molecule has 0 saturated carbocycles. The summed E-state index contributed by atoms with van der Waals surface area (Å²) < 4.78 is 53.7. The van der Waals surface area contributed by atoms with Crippen LogP contribution >= 0.6 is 7.92 Å². The van der Waals surface area contributed by atoms with Crippen LogP contribution in [0, 0.1) is 11.6 Å². The van der Waals surface area contributed by atoms with Gasteiger partial charge in [0, 0.05) is 23.9 Å². The Morgan fingerprint density at radius 2 is 1.91 bits per heavy atom. The summed E-state index contributed by atoms with van der Waals surface area (Å²) in [4.78, 5) is 0. The van der Waals surface area contributed by atoms with E-state index in [2.05, 4.69) is 6.58 Å². The van der Waals surface area contributed by atoms with Crippen LogP contribution in [-0.2, 0) is 4.74 Å². The minimum absolute atomic E-state index is 0.0400. The molecule has 2 nitrogen and oxygen atoms in total. The van der Waals surface area contributed by atoms with E-state index in [9.17, 15) is 13.2 Å². The van der Waals surface area contributed by atoms with Gasteiger partial charge in [0.05, 0.1) is 18.8 Å². The maximum Gasteiger partial charge on any atom is 0.137 e. The zero-order valence-electron chi connectivity index (χ0n) is 12.6. The van der Waals surface area contributed by atoms with Gasteiger partial charge >= 0.3 is 0 Å². The highest BCUT2D eigenvalue weighted by molar-refractivity contribution is 7.72. The van der Waals surface area contributed by atoms with Crippen molar-refractivity contribution in [1.82, 2.24) is 0 Å². The van der Waals surface area contributed by atoms with Crippen LogP contribution in [-0.4, -0.2) is 26.0 Å². The lowest BCUT2D eigenvalue weighted by atomic mass is 10.1. The second-order valence-corrected chi connectivity index (χ2v) is 7.59. The zero-order valence-corrected chi connectivity index (χ0v) is 13.5. The molecule has 0 N–H and O–H groups in total. The minimum atomic E-state index is -1.20. The Bertz CT molecular complexity index is 683. The first-order chi connectivity index (χ1) is 11.0. The number of ether oxygens (including phenoxy) is 2. The Kier molecular flexibility index (Phi) is 4.60. The average molecular weight is 340 g/mol. The van der Waals surface area contributed by atoms with Crippen molar-refractivity contribution in [1.29, 1.82) is 0 Å². The van der Waals surface area contributed by atoms with Gasteiger partial charge < -0.3 is 9.47 Å². The maximum absolute atomic E-state index is 14.4. The molecule has 122 valence electrons. The summed E-state index contributed by atoms with van der Waals surface area (Å²) in [6.45, 7) is 6.51. The molecule has 2 unspecified atom stereocenters. The number of benzene rings is 1. The van der Waals surface area contributed by atoms with Gasteiger partial charge in [-0.1, -0.05) is 12.7 Å². The Morgan fingerprint density at radius 3 is 2.52 bits per heavy atom. The summed E-state index contributed by atoms with van der Waals surface area (Å²) >= 11 is 0. The normalized spacial score (nSPS) is 24.4. The molecule has 2 heterocycles. The second kappa shape index (κ2) is 6.50. The van der Waals surface area contributed by atoms with Crippen molar-refractivity contribution in [3.05, 3.63) is 59.2 Å². The topological polar surface area (TPSA) is 18.5 Å². The van der Waals surface area contributed by atoms with Gasteiger partial charge in [-0.3, -0.25) is 0 Å². The summed E-state index contributed by atoms with van der Waals surface area (Å²) in [6.07, 6.45) is 3.20. The first kappa shape index (κ1) is 16.3. The van der Waals surface area contributed by atoms with Gasteiger partial charge in [-0.2, -0.15) is 0 Å². The van der Waals surface area contributed by atoms with Crippen LogP contribution in [0.4, 0.5) is 13.2 Å². The van der Waals surface area contributed by atoms with Crippen molar-refractivity contribution in [2.45, 2.75) is 12.5 Å². The van der Waals surface area contributed by atoms with E-state index in [0.29, 0.717) is 24.9 Å². The zero-order chi connectivity index (χ0) is 16.6. The van der Waals surface area contributed by atoms with Crippen molar-refractivity contribution < 1.29 is 22.6 Å². The predicted octanol–water partition coefficient (Wildman–Crippen LogP) is 4.97.